The Kier molecular flexibility index (Phi) is 5.44. The molecule has 17 heavy (non-hydrogen) atoms. The van der Waals surface area contributed by atoms with E-state index in [9.17, 15) is 4.79 Å². The molecule has 0 aliphatic carbocycles. The summed E-state index contributed by atoms with van der Waals surface area (Å²) in [5.41, 5.74) is 5.91. The van der Waals surface area contributed by atoms with Crippen molar-refractivity contribution in [3.63, 3.8) is 0 Å². The maximum absolute atomic E-state index is 11.6. The molecule has 0 saturated carbocycles. The van der Waals surface area contributed by atoms with Crippen LogP contribution >= 0.6 is 0 Å². The Morgan fingerprint density at radius 1 is 1.65 bits per heavy atom. The molecule has 0 aliphatic rings. The average Bonchev–Trinajstić information content (AvgIpc) is 2.72. The molecule has 1 aromatic rings. The number of carbonyl (C=O) groups is 1. The molecule has 0 radical (unpaired) electrons. The summed E-state index contributed by atoms with van der Waals surface area (Å²) in [5.74, 6) is 0.0756. The number of nitrogens with two attached hydrogens (primary N) is 1. The van der Waals surface area contributed by atoms with E-state index in [-0.39, 0.29) is 11.7 Å². The van der Waals surface area contributed by atoms with Crippen LogP contribution in [0.3, 0.4) is 0 Å². The number of ether oxygens (including phenoxy) is 1. The fraction of sp³-hybridized carbons (Fsp3) is 0.600. The number of hydrogen-bond donors (Lipinski definition) is 3. The summed E-state index contributed by atoms with van der Waals surface area (Å²) in [5, 5.41) is 8.98. The van der Waals surface area contributed by atoms with Gasteiger partial charge in [0.2, 0.25) is 0 Å². The number of aromatic nitrogens is 2. The van der Waals surface area contributed by atoms with Crippen molar-refractivity contribution < 1.29 is 9.53 Å². The van der Waals surface area contributed by atoms with Crippen molar-refractivity contribution in [2.75, 3.05) is 46.1 Å². The Bertz CT molecular complexity index is 352. The molecule has 1 rings (SSSR count). The predicted octanol–water partition coefficient (Wildman–Crippen LogP) is -0.700. The minimum absolute atomic E-state index is 0.212. The summed E-state index contributed by atoms with van der Waals surface area (Å²) in [6, 6.07) is 0. The van der Waals surface area contributed by atoms with E-state index < -0.39 is 0 Å². The van der Waals surface area contributed by atoms with Crippen molar-refractivity contribution in [1.29, 1.82) is 0 Å². The summed E-state index contributed by atoms with van der Waals surface area (Å²) in [6.45, 7) is 2.83. The average molecular weight is 241 g/mol. The molecule has 4 N–H and O–H groups in total. The van der Waals surface area contributed by atoms with Crippen molar-refractivity contribution in [1.82, 2.24) is 20.4 Å². The van der Waals surface area contributed by atoms with Gasteiger partial charge in [-0.25, -0.2) is 0 Å². The number of likely N-dealkylation sites (N-methyl/N-ethyl adjacent to an activating group) is 1. The number of H-pyrrole nitrogens is 1. The van der Waals surface area contributed by atoms with Crippen LogP contribution < -0.4 is 11.1 Å². The minimum Gasteiger partial charge on any atom is -0.383 e. The lowest BCUT2D eigenvalue weighted by molar-refractivity contribution is 0.0948. The first-order chi connectivity index (χ1) is 8.15. The second kappa shape index (κ2) is 6.87. The zero-order valence-electron chi connectivity index (χ0n) is 10.2. The van der Waals surface area contributed by atoms with Crippen LogP contribution in [-0.4, -0.2) is 61.4 Å². The van der Waals surface area contributed by atoms with Crippen molar-refractivity contribution in [3.8, 4) is 0 Å². The summed E-state index contributed by atoms with van der Waals surface area (Å²) < 4.78 is 4.96. The lowest BCUT2D eigenvalue weighted by Gasteiger charge is -2.15. The lowest BCUT2D eigenvalue weighted by Crippen LogP contribution is -2.34. The summed E-state index contributed by atoms with van der Waals surface area (Å²) in [4.78, 5) is 13.7. The number of amides is 1. The molecule has 0 aliphatic heterocycles. The van der Waals surface area contributed by atoms with E-state index in [1.54, 1.807) is 7.11 Å². The van der Waals surface area contributed by atoms with Crippen LogP contribution in [0.5, 0.6) is 0 Å². The molecule has 0 atom stereocenters. The molecule has 0 spiro atoms. The second-order valence-corrected chi connectivity index (χ2v) is 3.75. The van der Waals surface area contributed by atoms with Gasteiger partial charge in [0.1, 0.15) is 11.4 Å². The van der Waals surface area contributed by atoms with Crippen LogP contribution in [0.2, 0.25) is 0 Å². The van der Waals surface area contributed by atoms with Crippen LogP contribution in [0.15, 0.2) is 6.20 Å². The van der Waals surface area contributed by atoms with Gasteiger partial charge >= 0.3 is 0 Å². The van der Waals surface area contributed by atoms with E-state index in [0.29, 0.717) is 18.7 Å². The predicted molar refractivity (Wildman–Crippen MR) is 64.7 cm³/mol. The maximum atomic E-state index is 11.6. The molecule has 1 aromatic heterocycles. The van der Waals surface area contributed by atoms with Gasteiger partial charge in [-0.2, -0.15) is 5.10 Å². The molecular weight excluding hydrogens is 222 g/mol. The third-order valence-electron chi connectivity index (χ3n) is 2.37. The maximum Gasteiger partial charge on any atom is 0.256 e. The third-order valence-corrected chi connectivity index (χ3v) is 2.37. The summed E-state index contributed by atoms with van der Waals surface area (Å²) >= 11 is 0. The van der Waals surface area contributed by atoms with Crippen LogP contribution in [-0.2, 0) is 4.74 Å². The van der Waals surface area contributed by atoms with Crippen LogP contribution in [0, 0.1) is 0 Å². The Morgan fingerprint density at radius 3 is 3.00 bits per heavy atom. The Balaban J connectivity index is 2.23. The zero-order chi connectivity index (χ0) is 12.7. The van der Waals surface area contributed by atoms with Crippen LogP contribution in [0.1, 0.15) is 10.4 Å². The standard InChI is InChI=1S/C10H19N5O2/c1-15(5-6-17-2)4-3-12-10(16)8-7-13-14-9(8)11/h7H,3-6H2,1-2H3,(H,12,16)(H3,11,13,14). The number of rotatable bonds is 7. The van der Waals surface area contributed by atoms with Gasteiger partial charge in [0.15, 0.2) is 0 Å². The van der Waals surface area contributed by atoms with Gasteiger partial charge in [0, 0.05) is 26.7 Å². The van der Waals surface area contributed by atoms with Gasteiger partial charge < -0.3 is 20.7 Å². The first-order valence-electron chi connectivity index (χ1n) is 5.39. The monoisotopic (exact) mass is 241 g/mol. The highest BCUT2D eigenvalue weighted by atomic mass is 16.5. The van der Waals surface area contributed by atoms with E-state index in [2.05, 4.69) is 20.4 Å². The Hall–Kier alpha value is -1.60. The van der Waals surface area contributed by atoms with Gasteiger partial charge in [0.05, 0.1) is 12.8 Å². The summed E-state index contributed by atoms with van der Waals surface area (Å²) in [6.07, 6.45) is 1.42. The number of nitrogens with zero attached hydrogens (tertiary/aromatic N) is 2. The number of nitrogens with one attached hydrogen (secondary N) is 2. The Labute approximate surface area is 100 Å². The second-order valence-electron chi connectivity index (χ2n) is 3.75. The van der Waals surface area contributed by atoms with Gasteiger partial charge in [0.25, 0.3) is 5.91 Å². The topological polar surface area (TPSA) is 96.3 Å². The smallest absolute Gasteiger partial charge is 0.256 e. The number of hydrogen-bond acceptors (Lipinski definition) is 5. The molecule has 1 amide bonds. The molecule has 0 unspecified atom stereocenters. The van der Waals surface area contributed by atoms with E-state index >= 15 is 0 Å². The molecule has 7 nitrogen and oxygen atoms in total. The first-order valence-corrected chi connectivity index (χ1v) is 5.39. The molecule has 0 saturated heterocycles. The Morgan fingerprint density at radius 2 is 2.41 bits per heavy atom. The largest absolute Gasteiger partial charge is 0.383 e. The van der Waals surface area contributed by atoms with E-state index in [1.165, 1.54) is 6.20 Å². The highest BCUT2D eigenvalue weighted by molar-refractivity contribution is 5.98. The highest BCUT2D eigenvalue weighted by Gasteiger charge is 2.10. The molecule has 0 fully saturated rings. The number of methoxy groups -OCH3 is 1. The summed E-state index contributed by atoms with van der Waals surface area (Å²) in [7, 11) is 3.63. The molecular formula is C10H19N5O2. The van der Waals surface area contributed by atoms with E-state index in [4.69, 9.17) is 10.5 Å². The van der Waals surface area contributed by atoms with Gasteiger partial charge in [-0.05, 0) is 7.05 Å². The van der Waals surface area contributed by atoms with E-state index in [0.717, 1.165) is 13.1 Å². The molecule has 0 bridgehead atoms. The number of carbonyl (C=O) groups excluding carboxylic acids is 1. The SMILES string of the molecule is COCCN(C)CCNC(=O)c1cn[nH]c1N. The normalized spacial score (nSPS) is 10.8. The van der Waals surface area contributed by atoms with Crippen LogP contribution in [0.25, 0.3) is 0 Å². The zero-order valence-corrected chi connectivity index (χ0v) is 10.2. The molecule has 0 aromatic carbocycles. The minimum atomic E-state index is -0.212. The van der Waals surface area contributed by atoms with Crippen molar-refractivity contribution in [2.45, 2.75) is 0 Å². The molecule has 7 heteroatoms. The van der Waals surface area contributed by atoms with Gasteiger partial charge in [-0.1, -0.05) is 0 Å². The molecule has 1 heterocycles. The van der Waals surface area contributed by atoms with Gasteiger partial charge in [-0.3, -0.25) is 9.89 Å². The fourth-order valence-electron chi connectivity index (χ4n) is 1.29. The first kappa shape index (κ1) is 13.5. The fourth-order valence-corrected chi connectivity index (χ4v) is 1.29. The number of aromatic amines is 1. The number of anilines is 1. The van der Waals surface area contributed by atoms with Crippen molar-refractivity contribution in [2.24, 2.45) is 0 Å². The van der Waals surface area contributed by atoms with Gasteiger partial charge in [-0.15, -0.1) is 0 Å². The van der Waals surface area contributed by atoms with E-state index in [1.807, 2.05) is 7.05 Å². The number of nitrogen functional groups attached to an aromatic ring is 1. The molecule has 96 valence electrons. The van der Waals surface area contributed by atoms with Crippen LogP contribution in [0.4, 0.5) is 5.82 Å². The highest BCUT2D eigenvalue weighted by Crippen LogP contribution is 2.04. The lowest BCUT2D eigenvalue weighted by atomic mass is 10.3. The quantitative estimate of drug-likeness (QED) is 0.586. The third kappa shape index (κ3) is 4.41. The van der Waals surface area contributed by atoms with Crippen molar-refractivity contribution in [3.05, 3.63) is 11.8 Å². The van der Waals surface area contributed by atoms with Crippen molar-refractivity contribution >= 4 is 11.7 Å².